The molecule has 0 unspecified atom stereocenters. The van der Waals surface area contributed by atoms with Crippen molar-refractivity contribution in [2.24, 2.45) is 0 Å². The maximum atomic E-state index is 12.5. The van der Waals surface area contributed by atoms with Crippen molar-refractivity contribution in [3.8, 4) is 0 Å². The lowest BCUT2D eigenvalue weighted by molar-refractivity contribution is 0.0952. The second-order valence-electron chi connectivity index (χ2n) is 6.49. The molecule has 138 valence electrons. The molecular weight excluding hydrogens is 342 g/mol. The summed E-state index contributed by atoms with van der Waals surface area (Å²) in [5.41, 5.74) is 3.29. The van der Waals surface area contributed by atoms with Crippen molar-refractivity contribution in [2.45, 2.75) is 13.5 Å². The Kier molecular flexibility index (Phi) is 4.50. The lowest BCUT2D eigenvalue weighted by Crippen LogP contribution is -2.29. The molecule has 0 saturated carbocycles. The van der Waals surface area contributed by atoms with Crippen molar-refractivity contribution in [2.75, 3.05) is 24.5 Å². The molecule has 7 nitrogen and oxygen atoms in total. The third kappa shape index (κ3) is 3.36. The van der Waals surface area contributed by atoms with Crippen LogP contribution in [0.25, 0.3) is 11.0 Å². The molecule has 2 heterocycles. The fourth-order valence-electron chi connectivity index (χ4n) is 3.39. The highest BCUT2D eigenvalue weighted by molar-refractivity contribution is 5.98. The number of nitrogens with one attached hydrogen (secondary N) is 2. The van der Waals surface area contributed by atoms with E-state index in [9.17, 15) is 9.59 Å². The van der Waals surface area contributed by atoms with Gasteiger partial charge in [-0.15, -0.1) is 0 Å². The summed E-state index contributed by atoms with van der Waals surface area (Å²) in [5, 5.41) is 5.72. The molecule has 0 aliphatic carbocycles. The zero-order valence-corrected chi connectivity index (χ0v) is 15.1. The first-order valence-corrected chi connectivity index (χ1v) is 8.99. The number of aryl methyl sites for hydroxylation is 1. The van der Waals surface area contributed by atoms with Crippen LogP contribution >= 0.6 is 0 Å². The Labute approximate surface area is 157 Å². The highest BCUT2D eigenvalue weighted by atomic mass is 16.2. The van der Waals surface area contributed by atoms with E-state index in [2.05, 4.69) is 20.2 Å². The Balaban J connectivity index is 1.42. The van der Waals surface area contributed by atoms with Gasteiger partial charge in [-0.1, -0.05) is 18.2 Å². The van der Waals surface area contributed by atoms with Crippen molar-refractivity contribution in [1.82, 2.24) is 20.2 Å². The SMILES string of the molecule is Cc1nc2ccccc2n1CCNC(=O)c1cccc(N2CCNC2=O)c1. The number of para-hydroxylation sites is 2. The molecule has 7 heteroatoms. The number of benzene rings is 2. The number of imidazole rings is 1. The van der Waals surface area contributed by atoms with Gasteiger partial charge in [-0.25, -0.2) is 9.78 Å². The molecule has 2 N–H and O–H groups in total. The lowest BCUT2D eigenvalue weighted by Gasteiger charge is -2.15. The van der Waals surface area contributed by atoms with Crippen molar-refractivity contribution in [3.05, 3.63) is 59.9 Å². The fourth-order valence-corrected chi connectivity index (χ4v) is 3.39. The Morgan fingerprint density at radius 3 is 2.89 bits per heavy atom. The number of carbonyl (C=O) groups excluding carboxylic acids is 2. The van der Waals surface area contributed by atoms with E-state index in [4.69, 9.17) is 0 Å². The molecule has 1 fully saturated rings. The predicted octanol–water partition coefficient (Wildman–Crippen LogP) is 2.30. The monoisotopic (exact) mass is 363 g/mol. The van der Waals surface area contributed by atoms with Crippen molar-refractivity contribution >= 4 is 28.7 Å². The summed E-state index contributed by atoms with van der Waals surface area (Å²) in [6.45, 7) is 4.33. The summed E-state index contributed by atoms with van der Waals surface area (Å²) in [7, 11) is 0. The van der Waals surface area contributed by atoms with Gasteiger partial charge in [0.25, 0.3) is 5.91 Å². The molecule has 0 bridgehead atoms. The first-order valence-electron chi connectivity index (χ1n) is 8.99. The maximum Gasteiger partial charge on any atom is 0.321 e. The summed E-state index contributed by atoms with van der Waals surface area (Å²) in [6.07, 6.45) is 0. The molecule has 1 saturated heterocycles. The van der Waals surface area contributed by atoms with Crippen molar-refractivity contribution in [3.63, 3.8) is 0 Å². The van der Waals surface area contributed by atoms with Gasteiger partial charge < -0.3 is 15.2 Å². The van der Waals surface area contributed by atoms with E-state index in [1.807, 2.05) is 37.3 Å². The van der Waals surface area contributed by atoms with E-state index in [-0.39, 0.29) is 11.9 Å². The number of nitrogens with zero attached hydrogens (tertiary/aromatic N) is 3. The van der Waals surface area contributed by atoms with E-state index in [0.29, 0.717) is 31.7 Å². The van der Waals surface area contributed by atoms with Crippen LogP contribution in [-0.2, 0) is 6.54 Å². The minimum absolute atomic E-state index is 0.130. The topological polar surface area (TPSA) is 79.3 Å². The fraction of sp³-hybridized carbons (Fsp3) is 0.250. The normalized spacial score (nSPS) is 13.8. The molecule has 0 atom stereocenters. The summed E-state index contributed by atoms with van der Waals surface area (Å²) in [4.78, 5) is 30.5. The first kappa shape index (κ1) is 17.1. The van der Waals surface area contributed by atoms with Gasteiger partial charge in [0, 0.05) is 37.4 Å². The van der Waals surface area contributed by atoms with E-state index < -0.39 is 0 Å². The summed E-state index contributed by atoms with van der Waals surface area (Å²) >= 11 is 0. The van der Waals surface area contributed by atoms with Crippen LogP contribution in [0.15, 0.2) is 48.5 Å². The average Bonchev–Trinajstić information content (AvgIpc) is 3.25. The highest BCUT2D eigenvalue weighted by Gasteiger charge is 2.21. The number of amides is 3. The Morgan fingerprint density at radius 1 is 1.22 bits per heavy atom. The molecule has 1 aliphatic heterocycles. The van der Waals surface area contributed by atoms with Gasteiger partial charge >= 0.3 is 6.03 Å². The molecule has 1 aliphatic rings. The van der Waals surface area contributed by atoms with Crippen LogP contribution in [0.3, 0.4) is 0 Å². The van der Waals surface area contributed by atoms with Gasteiger partial charge in [0.15, 0.2) is 0 Å². The Bertz CT molecular complexity index is 1010. The summed E-state index contributed by atoms with van der Waals surface area (Å²) in [6, 6.07) is 15.0. The molecule has 1 aromatic heterocycles. The molecule has 2 aromatic carbocycles. The lowest BCUT2D eigenvalue weighted by atomic mass is 10.1. The third-order valence-electron chi connectivity index (χ3n) is 4.74. The number of carbonyl (C=O) groups is 2. The van der Waals surface area contributed by atoms with Crippen LogP contribution in [0.1, 0.15) is 16.2 Å². The Morgan fingerprint density at radius 2 is 2.07 bits per heavy atom. The second-order valence-corrected chi connectivity index (χ2v) is 6.49. The number of rotatable bonds is 5. The quantitative estimate of drug-likeness (QED) is 0.730. The minimum atomic E-state index is -0.154. The smallest absolute Gasteiger partial charge is 0.321 e. The predicted molar refractivity (Wildman–Crippen MR) is 104 cm³/mol. The number of hydrogen-bond acceptors (Lipinski definition) is 3. The summed E-state index contributed by atoms with van der Waals surface area (Å²) < 4.78 is 2.10. The Hall–Kier alpha value is -3.35. The van der Waals surface area contributed by atoms with Gasteiger partial charge in [0.2, 0.25) is 0 Å². The van der Waals surface area contributed by atoms with Gasteiger partial charge in [0.05, 0.1) is 11.0 Å². The maximum absolute atomic E-state index is 12.5. The third-order valence-corrected chi connectivity index (χ3v) is 4.74. The molecular formula is C20H21N5O2. The number of hydrogen-bond donors (Lipinski definition) is 2. The van der Waals surface area contributed by atoms with Crippen LogP contribution in [0.4, 0.5) is 10.5 Å². The molecule has 0 radical (unpaired) electrons. The van der Waals surface area contributed by atoms with Crippen LogP contribution < -0.4 is 15.5 Å². The zero-order valence-electron chi connectivity index (χ0n) is 15.1. The average molecular weight is 363 g/mol. The zero-order chi connectivity index (χ0) is 18.8. The van der Waals surface area contributed by atoms with Crippen LogP contribution in [0, 0.1) is 6.92 Å². The van der Waals surface area contributed by atoms with E-state index in [0.717, 1.165) is 22.5 Å². The van der Waals surface area contributed by atoms with Gasteiger partial charge in [-0.05, 0) is 37.3 Å². The van der Waals surface area contributed by atoms with Gasteiger partial charge in [-0.3, -0.25) is 9.69 Å². The molecule has 3 amide bonds. The number of anilines is 1. The number of urea groups is 1. The van der Waals surface area contributed by atoms with Crippen LogP contribution in [0.5, 0.6) is 0 Å². The minimum Gasteiger partial charge on any atom is -0.350 e. The van der Waals surface area contributed by atoms with Crippen LogP contribution in [0.2, 0.25) is 0 Å². The molecule has 4 rings (SSSR count). The van der Waals surface area contributed by atoms with E-state index in [1.54, 1.807) is 23.1 Å². The first-order chi connectivity index (χ1) is 13.1. The highest BCUT2D eigenvalue weighted by Crippen LogP contribution is 2.18. The van der Waals surface area contributed by atoms with Crippen LogP contribution in [-0.4, -0.2) is 41.1 Å². The largest absolute Gasteiger partial charge is 0.350 e. The van der Waals surface area contributed by atoms with Crippen molar-refractivity contribution in [1.29, 1.82) is 0 Å². The van der Waals surface area contributed by atoms with Crippen molar-refractivity contribution < 1.29 is 9.59 Å². The van der Waals surface area contributed by atoms with E-state index >= 15 is 0 Å². The van der Waals surface area contributed by atoms with E-state index in [1.165, 1.54) is 0 Å². The molecule has 27 heavy (non-hydrogen) atoms. The van der Waals surface area contributed by atoms with Gasteiger partial charge in [-0.2, -0.15) is 0 Å². The van der Waals surface area contributed by atoms with Gasteiger partial charge in [0.1, 0.15) is 5.82 Å². The number of aromatic nitrogens is 2. The number of fused-ring (bicyclic) bond motifs is 1. The second kappa shape index (κ2) is 7.11. The molecule has 3 aromatic rings. The summed E-state index contributed by atoms with van der Waals surface area (Å²) in [5.74, 6) is 0.769. The molecule has 0 spiro atoms. The standard InChI is InChI=1S/C20H21N5O2/c1-14-23-17-7-2-3-8-18(17)24(14)11-9-21-19(26)15-5-4-6-16(13-15)25-12-10-22-20(25)27/h2-8,13H,9-12H2,1H3,(H,21,26)(H,22,27).